The number of aromatic nitrogens is 3. The summed E-state index contributed by atoms with van der Waals surface area (Å²) in [7, 11) is 0. The van der Waals surface area contributed by atoms with Crippen molar-refractivity contribution in [3.8, 4) is 11.4 Å². The molecule has 8 heteroatoms. The molecular weight excluding hydrogens is 328 g/mol. The Morgan fingerprint density at radius 2 is 1.64 bits per heavy atom. The zero-order chi connectivity index (χ0) is 17.8. The maximum Gasteiger partial charge on any atom is 0.228 e. The van der Waals surface area contributed by atoms with E-state index in [0.717, 1.165) is 0 Å². The molecular formula is C17H15F2N5O. The molecule has 0 aliphatic heterocycles. The van der Waals surface area contributed by atoms with Crippen molar-refractivity contribution in [2.75, 3.05) is 11.1 Å². The summed E-state index contributed by atoms with van der Waals surface area (Å²) in [6, 6.07) is 10.5. The molecule has 0 bridgehead atoms. The van der Waals surface area contributed by atoms with Gasteiger partial charge in [0.05, 0.1) is 12.2 Å². The number of rotatable bonds is 5. The van der Waals surface area contributed by atoms with Crippen molar-refractivity contribution >= 4 is 11.9 Å². The van der Waals surface area contributed by atoms with Crippen LogP contribution >= 0.6 is 0 Å². The highest BCUT2D eigenvalue weighted by Gasteiger charge is 2.15. The third kappa shape index (κ3) is 3.69. The molecule has 128 valence electrons. The van der Waals surface area contributed by atoms with Crippen molar-refractivity contribution in [3.05, 3.63) is 65.2 Å². The van der Waals surface area contributed by atoms with Crippen molar-refractivity contribution in [1.82, 2.24) is 15.0 Å². The first-order valence-electron chi connectivity index (χ1n) is 7.46. The zero-order valence-electron chi connectivity index (χ0n) is 13.1. The highest BCUT2D eigenvalue weighted by molar-refractivity contribution is 5.63. The molecule has 4 N–H and O–H groups in total. The third-order valence-corrected chi connectivity index (χ3v) is 3.54. The number of hydrogen-bond acceptors (Lipinski definition) is 6. The highest BCUT2D eigenvalue weighted by Crippen LogP contribution is 2.25. The van der Waals surface area contributed by atoms with E-state index in [2.05, 4.69) is 20.3 Å². The molecule has 0 saturated heterocycles. The van der Waals surface area contributed by atoms with Crippen LogP contribution in [0.4, 0.5) is 20.7 Å². The lowest BCUT2D eigenvalue weighted by molar-refractivity contribution is 0.282. The molecule has 0 spiro atoms. The van der Waals surface area contributed by atoms with Gasteiger partial charge in [0.2, 0.25) is 11.9 Å². The first-order chi connectivity index (χ1) is 12.1. The van der Waals surface area contributed by atoms with Gasteiger partial charge in [-0.25, -0.2) is 8.78 Å². The Morgan fingerprint density at radius 1 is 0.920 bits per heavy atom. The Bertz CT molecular complexity index is 904. The van der Waals surface area contributed by atoms with Crippen LogP contribution in [-0.4, -0.2) is 20.1 Å². The average Bonchev–Trinajstić information content (AvgIpc) is 2.60. The number of aliphatic hydroxyl groups excluding tert-OH is 1. The maximum atomic E-state index is 14.2. The van der Waals surface area contributed by atoms with Gasteiger partial charge >= 0.3 is 0 Å². The van der Waals surface area contributed by atoms with Gasteiger partial charge in [-0.05, 0) is 17.7 Å². The maximum absolute atomic E-state index is 14.2. The Hall–Kier alpha value is -3.13. The molecule has 1 heterocycles. The Labute approximate surface area is 142 Å². The number of halogens is 2. The standard InChI is InChI=1S/C17H15F2N5O/c18-12-6-2-1-4-10(12)8-21-17-23-15(22-16(20)24-17)14-11(9-25)5-3-7-13(14)19/h1-7,25H,8-9H2,(H3,20,21,22,23,24). The minimum absolute atomic E-state index is 0.00863. The van der Waals surface area contributed by atoms with Crippen LogP contribution < -0.4 is 11.1 Å². The van der Waals surface area contributed by atoms with E-state index in [0.29, 0.717) is 11.1 Å². The monoisotopic (exact) mass is 343 g/mol. The predicted molar refractivity (Wildman–Crippen MR) is 89.3 cm³/mol. The molecule has 3 rings (SSSR count). The van der Waals surface area contributed by atoms with E-state index in [1.165, 1.54) is 18.2 Å². The summed E-state index contributed by atoms with van der Waals surface area (Å²) < 4.78 is 27.8. The molecule has 0 fully saturated rings. The minimum Gasteiger partial charge on any atom is -0.392 e. The summed E-state index contributed by atoms with van der Waals surface area (Å²) in [6.45, 7) is -0.254. The van der Waals surface area contributed by atoms with Gasteiger partial charge in [-0.1, -0.05) is 30.3 Å². The Kier molecular flexibility index (Phi) is 4.80. The molecule has 0 unspecified atom stereocenters. The molecule has 3 aromatic rings. The second kappa shape index (κ2) is 7.18. The van der Waals surface area contributed by atoms with Crippen LogP contribution in [0.3, 0.4) is 0 Å². The summed E-state index contributed by atoms with van der Waals surface area (Å²) >= 11 is 0. The van der Waals surface area contributed by atoms with Crippen molar-refractivity contribution in [2.45, 2.75) is 13.2 Å². The van der Waals surface area contributed by atoms with Crippen LogP contribution in [0.15, 0.2) is 42.5 Å². The van der Waals surface area contributed by atoms with E-state index < -0.39 is 5.82 Å². The summed E-state index contributed by atoms with van der Waals surface area (Å²) in [5.41, 5.74) is 6.47. The summed E-state index contributed by atoms with van der Waals surface area (Å²) in [5.74, 6) is -0.997. The quantitative estimate of drug-likeness (QED) is 0.659. The molecule has 0 aliphatic rings. The fourth-order valence-electron chi connectivity index (χ4n) is 2.35. The smallest absolute Gasteiger partial charge is 0.228 e. The first-order valence-corrected chi connectivity index (χ1v) is 7.46. The molecule has 6 nitrogen and oxygen atoms in total. The number of nitrogens with zero attached hydrogens (tertiary/aromatic N) is 3. The summed E-state index contributed by atoms with van der Waals surface area (Å²) in [6.07, 6.45) is 0. The van der Waals surface area contributed by atoms with Crippen molar-refractivity contribution in [1.29, 1.82) is 0 Å². The number of aliphatic hydroxyl groups is 1. The molecule has 0 amide bonds. The fourth-order valence-corrected chi connectivity index (χ4v) is 2.35. The van der Waals surface area contributed by atoms with E-state index in [9.17, 15) is 13.9 Å². The number of nitrogen functional groups attached to an aromatic ring is 1. The zero-order valence-corrected chi connectivity index (χ0v) is 13.1. The van der Waals surface area contributed by atoms with Crippen LogP contribution in [0, 0.1) is 11.6 Å². The Morgan fingerprint density at radius 3 is 2.40 bits per heavy atom. The van der Waals surface area contributed by atoms with Gasteiger partial charge in [0.15, 0.2) is 5.82 Å². The number of nitrogens with one attached hydrogen (secondary N) is 1. The normalized spacial score (nSPS) is 10.7. The van der Waals surface area contributed by atoms with Crippen molar-refractivity contribution in [2.24, 2.45) is 0 Å². The second-order valence-electron chi connectivity index (χ2n) is 5.22. The molecule has 25 heavy (non-hydrogen) atoms. The lowest BCUT2D eigenvalue weighted by atomic mass is 10.1. The highest BCUT2D eigenvalue weighted by atomic mass is 19.1. The van der Waals surface area contributed by atoms with E-state index in [1.807, 2.05) is 0 Å². The molecule has 0 aliphatic carbocycles. The van der Waals surface area contributed by atoms with Gasteiger partial charge in [0.25, 0.3) is 0 Å². The van der Waals surface area contributed by atoms with Crippen molar-refractivity contribution in [3.63, 3.8) is 0 Å². The fraction of sp³-hybridized carbons (Fsp3) is 0.118. The van der Waals surface area contributed by atoms with E-state index >= 15 is 0 Å². The number of hydrogen-bond donors (Lipinski definition) is 3. The minimum atomic E-state index is -0.586. The number of nitrogens with two attached hydrogens (primary N) is 1. The van der Waals surface area contributed by atoms with Crippen LogP contribution in [-0.2, 0) is 13.2 Å². The van der Waals surface area contributed by atoms with E-state index in [-0.39, 0.29) is 42.3 Å². The van der Waals surface area contributed by atoms with Crippen LogP contribution in [0.25, 0.3) is 11.4 Å². The van der Waals surface area contributed by atoms with Crippen molar-refractivity contribution < 1.29 is 13.9 Å². The SMILES string of the molecule is Nc1nc(NCc2ccccc2F)nc(-c2c(F)cccc2CO)n1. The molecule has 0 radical (unpaired) electrons. The number of benzene rings is 2. The van der Waals surface area contributed by atoms with Gasteiger partial charge in [-0.3, -0.25) is 0 Å². The Balaban J connectivity index is 1.93. The van der Waals surface area contributed by atoms with Gasteiger partial charge in [0, 0.05) is 12.1 Å². The molecule has 1 aromatic heterocycles. The van der Waals surface area contributed by atoms with E-state index in [1.54, 1.807) is 24.3 Å². The van der Waals surface area contributed by atoms with Gasteiger partial charge in [-0.15, -0.1) is 0 Å². The largest absolute Gasteiger partial charge is 0.392 e. The lowest BCUT2D eigenvalue weighted by Crippen LogP contribution is -2.10. The topological polar surface area (TPSA) is 97.0 Å². The summed E-state index contributed by atoms with van der Waals surface area (Å²) in [5, 5.41) is 12.2. The predicted octanol–water partition coefficient (Wildman–Crippen LogP) is 2.50. The van der Waals surface area contributed by atoms with Crippen LogP contribution in [0.5, 0.6) is 0 Å². The average molecular weight is 343 g/mol. The van der Waals surface area contributed by atoms with Gasteiger partial charge in [-0.2, -0.15) is 15.0 Å². The van der Waals surface area contributed by atoms with Crippen LogP contribution in [0.1, 0.15) is 11.1 Å². The van der Waals surface area contributed by atoms with Gasteiger partial charge in [0.1, 0.15) is 11.6 Å². The number of anilines is 2. The first kappa shape index (κ1) is 16.7. The van der Waals surface area contributed by atoms with Crippen LogP contribution in [0.2, 0.25) is 0 Å². The summed E-state index contributed by atoms with van der Waals surface area (Å²) in [4.78, 5) is 12.0. The van der Waals surface area contributed by atoms with Gasteiger partial charge < -0.3 is 16.2 Å². The van der Waals surface area contributed by atoms with E-state index in [4.69, 9.17) is 5.73 Å². The third-order valence-electron chi connectivity index (χ3n) is 3.54. The molecule has 0 atom stereocenters. The molecule has 0 saturated carbocycles. The molecule has 2 aromatic carbocycles. The second-order valence-corrected chi connectivity index (χ2v) is 5.22. The lowest BCUT2D eigenvalue weighted by Gasteiger charge is -2.10.